The summed E-state index contributed by atoms with van der Waals surface area (Å²) in [5, 5.41) is 6.90. The monoisotopic (exact) mass is 342 g/mol. The lowest BCUT2D eigenvalue weighted by atomic mass is 10.0. The Bertz CT molecular complexity index is 678. The average molecular weight is 342 g/mol. The molecule has 6 heteroatoms. The molecule has 0 spiro atoms. The number of hydrogen-bond acceptors (Lipinski definition) is 5. The summed E-state index contributed by atoms with van der Waals surface area (Å²) in [6, 6.07) is 5.88. The highest BCUT2D eigenvalue weighted by atomic mass is 16.5. The quantitative estimate of drug-likeness (QED) is 0.873. The molecule has 25 heavy (non-hydrogen) atoms. The molecule has 3 heterocycles. The van der Waals surface area contributed by atoms with Gasteiger partial charge >= 0.3 is 0 Å². The van der Waals surface area contributed by atoms with Gasteiger partial charge in [-0.25, -0.2) is 0 Å². The lowest BCUT2D eigenvalue weighted by Crippen LogP contribution is -2.40. The predicted molar refractivity (Wildman–Crippen MR) is 95.3 cm³/mol. The molecule has 1 aliphatic rings. The standard InChI is InChI=1S/C19H26N4O2/c1-14(2)18-11-16(22-25-18)19(24)21-13-17(15-7-6-8-20-12-15)23-9-4-3-5-10-23/h6-8,11-12,14,17H,3-5,9-10,13H2,1-2H3,(H,21,24)/t17-/m1/s1. The fourth-order valence-electron chi connectivity index (χ4n) is 3.21. The second-order valence-electron chi connectivity index (χ2n) is 6.88. The molecule has 6 nitrogen and oxygen atoms in total. The normalized spacial score (nSPS) is 16.8. The average Bonchev–Trinajstić information content (AvgIpc) is 3.14. The fraction of sp³-hybridized carbons (Fsp3) is 0.526. The third kappa shape index (κ3) is 4.45. The molecular weight excluding hydrogens is 316 g/mol. The first kappa shape index (κ1) is 17.6. The van der Waals surface area contributed by atoms with Crippen molar-refractivity contribution in [2.45, 2.75) is 45.1 Å². The molecule has 0 unspecified atom stereocenters. The smallest absolute Gasteiger partial charge is 0.273 e. The Morgan fingerprint density at radius 1 is 1.32 bits per heavy atom. The van der Waals surface area contributed by atoms with Gasteiger partial charge in [-0.15, -0.1) is 0 Å². The summed E-state index contributed by atoms with van der Waals surface area (Å²) in [4.78, 5) is 19.1. The highest BCUT2D eigenvalue weighted by molar-refractivity contribution is 5.92. The number of nitrogens with zero attached hydrogens (tertiary/aromatic N) is 3. The van der Waals surface area contributed by atoms with Gasteiger partial charge in [0.2, 0.25) is 0 Å². The van der Waals surface area contributed by atoms with Crippen molar-refractivity contribution in [3.63, 3.8) is 0 Å². The summed E-state index contributed by atoms with van der Waals surface area (Å²) in [6.07, 6.45) is 7.34. The minimum atomic E-state index is -0.193. The van der Waals surface area contributed by atoms with Gasteiger partial charge in [0.15, 0.2) is 5.69 Å². The summed E-state index contributed by atoms with van der Waals surface area (Å²) in [6.45, 7) is 6.66. The van der Waals surface area contributed by atoms with E-state index in [2.05, 4.69) is 26.4 Å². The summed E-state index contributed by atoms with van der Waals surface area (Å²) < 4.78 is 5.22. The van der Waals surface area contributed by atoms with Crippen molar-refractivity contribution in [2.24, 2.45) is 0 Å². The van der Waals surface area contributed by atoms with E-state index in [0.717, 1.165) is 24.4 Å². The number of carbonyl (C=O) groups is 1. The first-order valence-electron chi connectivity index (χ1n) is 9.04. The SMILES string of the molecule is CC(C)c1cc(C(=O)NC[C@H](c2cccnc2)N2CCCCC2)no1. The lowest BCUT2D eigenvalue weighted by Gasteiger charge is -2.34. The van der Waals surface area contributed by atoms with Gasteiger partial charge in [0.1, 0.15) is 5.76 Å². The number of rotatable bonds is 6. The van der Waals surface area contributed by atoms with Crippen molar-refractivity contribution in [1.82, 2.24) is 20.4 Å². The van der Waals surface area contributed by atoms with Gasteiger partial charge in [-0.05, 0) is 37.6 Å². The molecule has 2 aromatic heterocycles. The van der Waals surface area contributed by atoms with E-state index >= 15 is 0 Å². The van der Waals surface area contributed by atoms with Gasteiger partial charge in [-0.3, -0.25) is 14.7 Å². The number of pyridine rings is 1. The van der Waals surface area contributed by atoms with Crippen LogP contribution in [0.4, 0.5) is 0 Å². The van der Waals surface area contributed by atoms with Crippen molar-refractivity contribution < 1.29 is 9.32 Å². The van der Waals surface area contributed by atoms with Crippen molar-refractivity contribution in [1.29, 1.82) is 0 Å². The van der Waals surface area contributed by atoms with Gasteiger partial charge in [-0.1, -0.05) is 31.5 Å². The molecule has 0 aliphatic carbocycles. The number of aromatic nitrogens is 2. The van der Waals surface area contributed by atoms with Gasteiger partial charge in [0.25, 0.3) is 5.91 Å². The van der Waals surface area contributed by atoms with E-state index in [0.29, 0.717) is 12.2 Å². The Balaban J connectivity index is 1.68. The van der Waals surface area contributed by atoms with Crippen molar-refractivity contribution in [3.8, 4) is 0 Å². The maximum Gasteiger partial charge on any atom is 0.273 e. The molecule has 1 fully saturated rings. The number of carbonyl (C=O) groups excluding carboxylic acids is 1. The number of likely N-dealkylation sites (tertiary alicyclic amines) is 1. The molecule has 134 valence electrons. The second-order valence-corrected chi connectivity index (χ2v) is 6.88. The van der Waals surface area contributed by atoms with E-state index in [1.165, 1.54) is 19.3 Å². The van der Waals surface area contributed by atoms with Crippen LogP contribution in [0.2, 0.25) is 0 Å². The Labute approximate surface area is 148 Å². The maximum atomic E-state index is 12.4. The zero-order chi connectivity index (χ0) is 17.6. The van der Waals surface area contributed by atoms with Gasteiger partial charge in [-0.2, -0.15) is 0 Å². The van der Waals surface area contributed by atoms with E-state index in [4.69, 9.17) is 4.52 Å². The number of piperidine rings is 1. The third-order valence-electron chi connectivity index (χ3n) is 4.69. The van der Waals surface area contributed by atoms with Crippen LogP contribution in [0.5, 0.6) is 0 Å². The highest BCUT2D eigenvalue weighted by Gasteiger charge is 2.24. The maximum absolute atomic E-state index is 12.4. The van der Waals surface area contributed by atoms with E-state index in [9.17, 15) is 4.79 Å². The molecule has 0 aromatic carbocycles. The summed E-state index contributed by atoms with van der Waals surface area (Å²) in [5.74, 6) is 0.747. The van der Waals surface area contributed by atoms with Gasteiger partial charge in [0, 0.05) is 30.9 Å². The molecule has 3 rings (SSSR count). The fourth-order valence-corrected chi connectivity index (χ4v) is 3.21. The predicted octanol–water partition coefficient (Wildman–Crippen LogP) is 3.15. The van der Waals surface area contributed by atoms with Crippen LogP contribution in [0.1, 0.15) is 66.9 Å². The topological polar surface area (TPSA) is 71.3 Å². The van der Waals surface area contributed by atoms with E-state index in [1.54, 1.807) is 12.3 Å². The van der Waals surface area contributed by atoms with Crippen LogP contribution in [0, 0.1) is 0 Å². The molecule has 1 atom stereocenters. The van der Waals surface area contributed by atoms with Gasteiger partial charge in [0.05, 0.1) is 6.04 Å². The number of hydrogen-bond donors (Lipinski definition) is 1. The molecule has 1 saturated heterocycles. The summed E-state index contributed by atoms with van der Waals surface area (Å²) in [7, 11) is 0. The van der Waals surface area contributed by atoms with Crippen molar-refractivity contribution in [2.75, 3.05) is 19.6 Å². The van der Waals surface area contributed by atoms with Crippen LogP contribution < -0.4 is 5.32 Å². The Morgan fingerprint density at radius 2 is 2.12 bits per heavy atom. The van der Waals surface area contributed by atoms with Crippen LogP contribution in [0.15, 0.2) is 35.1 Å². The van der Waals surface area contributed by atoms with Crippen LogP contribution >= 0.6 is 0 Å². The molecule has 2 aromatic rings. The van der Waals surface area contributed by atoms with Crippen LogP contribution in [-0.2, 0) is 0 Å². The largest absolute Gasteiger partial charge is 0.360 e. The lowest BCUT2D eigenvalue weighted by molar-refractivity contribution is 0.0915. The molecule has 1 N–H and O–H groups in total. The van der Waals surface area contributed by atoms with Crippen molar-refractivity contribution in [3.05, 3.63) is 47.6 Å². The molecule has 0 bridgehead atoms. The van der Waals surface area contributed by atoms with Crippen LogP contribution in [0.3, 0.4) is 0 Å². The zero-order valence-corrected chi connectivity index (χ0v) is 14.9. The van der Waals surface area contributed by atoms with E-state index < -0.39 is 0 Å². The van der Waals surface area contributed by atoms with Crippen molar-refractivity contribution >= 4 is 5.91 Å². The molecule has 1 amide bonds. The summed E-state index contributed by atoms with van der Waals surface area (Å²) in [5.41, 5.74) is 1.47. The highest BCUT2D eigenvalue weighted by Crippen LogP contribution is 2.23. The van der Waals surface area contributed by atoms with Crippen LogP contribution in [-0.4, -0.2) is 40.6 Å². The molecule has 0 radical (unpaired) electrons. The first-order chi connectivity index (χ1) is 12.1. The van der Waals surface area contributed by atoms with E-state index in [1.807, 2.05) is 26.1 Å². The van der Waals surface area contributed by atoms with Gasteiger partial charge < -0.3 is 9.84 Å². The minimum Gasteiger partial charge on any atom is -0.360 e. The van der Waals surface area contributed by atoms with E-state index in [-0.39, 0.29) is 17.9 Å². The second kappa shape index (κ2) is 8.25. The Kier molecular flexibility index (Phi) is 5.81. The Morgan fingerprint density at radius 3 is 2.76 bits per heavy atom. The number of nitrogens with one attached hydrogen (secondary N) is 1. The zero-order valence-electron chi connectivity index (χ0n) is 14.9. The summed E-state index contributed by atoms with van der Waals surface area (Å²) >= 11 is 0. The molecule has 0 saturated carbocycles. The Hall–Kier alpha value is -2.21. The minimum absolute atomic E-state index is 0.134. The van der Waals surface area contributed by atoms with Crippen LogP contribution in [0.25, 0.3) is 0 Å². The third-order valence-corrected chi connectivity index (χ3v) is 4.69. The molecular formula is C19H26N4O2. The number of amides is 1. The first-order valence-corrected chi connectivity index (χ1v) is 9.04. The molecule has 1 aliphatic heterocycles.